The molecule has 7 rings (SSSR count). The zero-order valence-corrected chi connectivity index (χ0v) is 21.8. The zero-order chi connectivity index (χ0) is 24.1. The molecule has 170 valence electrons. The van der Waals surface area contributed by atoms with Crippen LogP contribution in [0.5, 0.6) is 0 Å². The molecule has 0 radical (unpaired) electrons. The molecule has 6 aromatic carbocycles. The van der Waals surface area contributed by atoms with Crippen molar-refractivity contribution in [1.82, 2.24) is 0 Å². The van der Waals surface area contributed by atoms with E-state index in [2.05, 4.69) is 162 Å². The van der Waals surface area contributed by atoms with E-state index in [0.717, 1.165) is 0 Å². The molecular weight excluding hydrogens is 547 g/mol. The molecule has 0 amide bonds. The minimum atomic E-state index is -0.372. The summed E-state index contributed by atoms with van der Waals surface area (Å²) in [6, 6.07) is 51.2. The van der Waals surface area contributed by atoms with Gasteiger partial charge in [0.15, 0.2) is 0 Å². The maximum Gasteiger partial charge on any atom is 0.0713 e. The van der Waals surface area contributed by atoms with Crippen LogP contribution in [0.25, 0.3) is 33.0 Å². The molecule has 1 aliphatic rings. The Hall–Kier alpha value is -3.69. The van der Waals surface area contributed by atoms with E-state index in [0.29, 0.717) is 0 Å². The molecule has 36 heavy (non-hydrogen) atoms. The predicted molar refractivity (Wildman–Crippen MR) is 159 cm³/mol. The first-order valence-electron chi connectivity index (χ1n) is 12.3. The van der Waals surface area contributed by atoms with Crippen molar-refractivity contribution >= 4 is 33.4 Å². The summed E-state index contributed by atoms with van der Waals surface area (Å²) in [5, 5.41) is 2.60. The summed E-state index contributed by atoms with van der Waals surface area (Å²) in [6.07, 6.45) is 0. The molecule has 1 heteroatoms. The van der Waals surface area contributed by atoms with Gasteiger partial charge in [0.25, 0.3) is 0 Å². The van der Waals surface area contributed by atoms with E-state index in [1.807, 2.05) is 0 Å². The molecule has 6 aromatic rings. The Morgan fingerprint density at radius 2 is 0.944 bits per heavy atom. The topological polar surface area (TPSA) is 0 Å². The van der Waals surface area contributed by atoms with Gasteiger partial charge in [-0.2, -0.15) is 0 Å². The zero-order valence-electron chi connectivity index (χ0n) is 19.7. The van der Waals surface area contributed by atoms with E-state index >= 15 is 0 Å². The van der Waals surface area contributed by atoms with Crippen LogP contribution in [0.2, 0.25) is 0 Å². The lowest BCUT2D eigenvalue weighted by Gasteiger charge is -2.34. The van der Waals surface area contributed by atoms with Gasteiger partial charge in [0.05, 0.1) is 5.41 Å². The van der Waals surface area contributed by atoms with Crippen LogP contribution < -0.4 is 0 Å². The van der Waals surface area contributed by atoms with Crippen LogP contribution in [0.3, 0.4) is 0 Å². The predicted octanol–water partition coefficient (Wildman–Crippen LogP) is 9.47. The lowest BCUT2D eigenvalue weighted by atomic mass is 9.67. The molecule has 0 aromatic heterocycles. The molecule has 0 bridgehead atoms. The molecule has 0 N–H and O–H groups in total. The van der Waals surface area contributed by atoms with Crippen LogP contribution in [0.4, 0.5) is 0 Å². The number of hydrogen-bond donors (Lipinski definition) is 0. The van der Waals surface area contributed by atoms with Crippen molar-refractivity contribution < 1.29 is 0 Å². The van der Waals surface area contributed by atoms with E-state index in [1.54, 1.807) is 0 Å². The first-order chi connectivity index (χ1) is 17.8. The molecule has 1 aliphatic carbocycles. The van der Waals surface area contributed by atoms with E-state index in [9.17, 15) is 0 Å². The van der Waals surface area contributed by atoms with Crippen LogP contribution in [0, 0.1) is 3.57 Å². The molecule has 0 aliphatic heterocycles. The highest BCUT2D eigenvalue weighted by Gasteiger charge is 2.46. The van der Waals surface area contributed by atoms with Gasteiger partial charge in [-0.1, -0.05) is 133 Å². The molecule has 0 atom stereocenters. The van der Waals surface area contributed by atoms with Gasteiger partial charge < -0.3 is 0 Å². The second-order valence-electron chi connectivity index (χ2n) is 9.40. The molecule has 0 unspecified atom stereocenters. The normalized spacial score (nSPS) is 13.4. The Labute approximate surface area is 225 Å². The first kappa shape index (κ1) is 21.6. The van der Waals surface area contributed by atoms with Crippen molar-refractivity contribution in [2.75, 3.05) is 0 Å². The number of halogens is 1. The largest absolute Gasteiger partial charge is 0.0713 e. The Kier molecular flexibility index (Phi) is 5.07. The summed E-state index contributed by atoms with van der Waals surface area (Å²) in [5.41, 5.74) is 10.2. The molecular formula is C35H23I. The number of benzene rings is 6. The fourth-order valence-electron chi connectivity index (χ4n) is 6.21. The van der Waals surface area contributed by atoms with Crippen LogP contribution in [-0.4, -0.2) is 0 Å². The minimum Gasteiger partial charge on any atom is -0.0622 e. The van der Waals surface area contributed by atoms with E-state index in [-0.39, 0.29) is 5.41 Å². The maximum atomic E-state index is 2.45. The fraction of sp³-hybridized carbons (Fsp3) is 0.0286. The van der Waals surface area contributed by atoms with Crippen molar-refractivity contribution in [2.24, 2.45) is 0 Å². The third-order valence-corrected chi connectivity index (χ3v) is 8.58. The molecule has 0 heterocycles. The fourth-order valence-corrected chi connectivity index (χ4v) is 6.86. The second-order valence-corrected chi connectivity index (χ2v) is 10.6. The standard InChI is InChI=1S/C35H23I/c36-33-23-22-27(26-16-7-8-17-28(26)33)29-19-11-21-32-34(29)30-18-9-10-20-31(30)35(32,24-12-3-1-4-13-24)25-14-5-2-6-15-25/h1-23H. The average molecular weight is 570 g/mol. The summed E-state index contributed by atoms with van der Waals surface area (Å²) < 4.78 is 1.28. The van der Waals surface area contributed by atoms with Gasteiger partial charge in [-0.25, -0.2) is 0 Å². The third-order valence-electron chi connectivity index (χ3n) is 7.64. The summed E-state index contributed by atoms with van der Waals surface area (Å²) in [6.45, 7) is 0. The smallest absolute Gasteiger partial charge is 0.0622 e. The molecule has 0 saturated heterocycles. The number of rotatable bonds is 3. The van der Waals surface area contributed by atoms with Crippen LogP contribution in [0.15, 0.2) is 140 Å². The lowest BCUT2D eigenvalue weighted by molar-refractivity contribution is 0.768. The summed E-state index contributed by atoms with van der Waals surface area (Å²) in [4.78, 5) is 0. The van der Waals surface area contributed by atoms with Gasteiger partial charge in [0.2, 0.25) is 0 Å². The van der Waals surface area contributed by atoms with Crippen LogP contribution in [-0.2, 0) is 5.41 Å². The first-order valence-corrected chi connectivity index (χ1v) is 13.4. The highest BCUT2D eigenvalue weighted by atomic mass is 127. The van der Waals surface area contributed by atoms with Crippen molar-refractivity contribution in [3.05, 3.63) is 165 Å². The number of fused-ring (bicyclic) bond motifs is 4. The highest BCUT2D eigenvalue weighted by Crippen LogP contribution is 2.58. The van der Waals surface area contributed by atoms with Crippen molar-refractivity contribution in [1.29, 1.82) is 0 Å². The molecule has 0 saturated carbocycles. The van der Waals surface area contributed by atoms with Gasteiger partial charge in [-0.05, 0) is 83.9 Å². The maximum absolute atomic E-state index is 2.45. The van der Waals surface area contributed by atoms with Gasteiger partial charge in [-0.3, -0.25) is 0 Å². The van der Waals surface area contributed by atoms with E-state index in [1.165, 1.54) is 58.9 Å². The lowest BCUT2D eigenvalue weighted by Crippen LogP contribution is -2.28. The minimum absolute atomic E-state index is 0.372. The second kappa shape index (κ2) is 8.46. The van der Waals surface area contributed by atoms with E-state index < -0.39 is 0 Å². The SMILES string of the molecule is Ic1ccc(-c2cccc3c2-c2ccccc2C3(c2ccccc2)c2ccccc2)c2ccccc12. The van der Waals surface area contributed by atoms with Crippen LogP contribution in [0.1, 0.15) is 22.3 Å². The average Bonchev–Trinajstić information content (AvgIpc) is 3.26. The summed E-state index contributed by atoms with van der Waals surface area (Å²) in [7, 11) is 0. The Bertz CT molecular complexity index is 1690. The van der Waals surface area contributed by atoms with Gasteiger partial charge >= 0.3 is 0 Å². The van der Waals surface area contributed by atoms with Gasteiger partial charge in [0.1, 0.15) is 0 Å². The molecule has 0 nitrogen and oxygen atoms in total. The Morgan fingerprint density at radius 1 is 0.389 bits per heavy atom. The summed E-state index contributed by atoms with van der Waals surface area (Å²) >= 11 is 2.45. The van der Waals surface area contributed by atoms with Crippen molar-refractivity contribution in [3.63, 3.8) is 0 Å². The quantitative estimate of drug-likeness (QED) is 0.186. The van der Waals surface area contributed by atoms with E-state index in [4.69, 9.17) is 0 Å². The highest BCUT2D eigenvalue weighted by molar-refractivity contribution is 14.1. The monoisotopic (exact) mass is 570 g/mol. The molecule has 0 fully saturated rings. The Morgan fingerprint density at radius 3 is 1.67 bits per heavy atom. The number of hydrogen-bond acceptors (Lipinski definition) is 0. The molecule has 0 spiro atoms. The Balaban J connectivity index is 1.64. The van der Waals surface area contributed by atoms with Gasteiger partial charge in [-0.15, -0.1) is 0 Å². The van der Waals surface area contributed by atoms with Crippen molar-refractivity contribution in [2.45, 2.75) is 5.41 Å². The van der Waals surface area contributed by atoms with Crippen LogP contribution >= 0.6 is 22.6 Å². The summed E-state index contributed by atoms with van der Waals surface area (Å²) in [5.74, 6) is 0. The van der Waals surface area contributed by atoms with Crippen molar-refractivity contribution in [3.8, 4) is 22.3 Å². The third kappa shape index (κ3) is 2.99. The van der Waals surface area contributed by atoms with Gasteiger partial charge in [0, 0.05) is 3.57 Å².